The molecule has 0 fully saturated rings. The lowest BCUT2D eigenvalue weighted by Crippen LogP contribution is -2.27. The summed E-state index contributed by atoms with van der Waals surface area (Å²) in [6.07, 6.45) is 6.15. The average molecular weight is 388 g/mol. The molecule has 0 radical (unpaired) electrons. The van der Waals surface area contributed by atoms with Crippen molar-refractivity contribution in [2.24, 2.45) is 0 Å². The average Bonchev–Trinajstić information content (AvgIpc) is 2.68. The topological polar surface area (TPSA) is 56.8 Å². The van der Waals surface area contributed by atoms with E-state index < -0.39 is 0 Å². The van der Waals surface area contributed by atoms with Crippen LogP contribution >= 0.6 is 11.6 Å². The standard InChI is InChI=1S/C21H22ClNO4/c1-3-13-27-19-9-4-16(15-20(19)25-2)10-12-23-21(24)11-14-26-18-7-5-17(22)6-8-18/h1,4-9,15H,10-14H2,2H3,(H,23,24). The van der Waals surface area contributed by atoms with E-state index in [0.29, 0.717) is 41.8 Å². The van der Waals surface area contributed by atoms with Gasteiger partial charge in [0.15, 0.2) is 11.5 Å². The SMILES string of the molecule is C#CCOc1ccc(CCNC(=O)CCOc2ccc(Cl)cc2)cc1OC. The van der Waals surface area contributed by atoms with E-state index >= 15 is 0 Å². The number of halogens is 1. The summed E-state index contributed by atoms with van der Waals surface area (Å²) in [4.78, 5) is 11.9. The summed E-state index contributed by atoms with van der Waals surface area (Å²) in [5.41, 5.74) is 1.03. The summed E-state index contributed by atoms with van der Waals surface area (Å²) < 4.78 is 16.2. The predicted molar refractivity (Wildman–Crippen MR) is 106 cm³/mol. The Morgan fingerprint density at radius 2 is 1.93 bits per heavy atom. The number of benzene rings is 2. The quantitative estimate of drug-likeness (QED) is 0.634. The molecule has 0 heterocycles. The van der Waals surface area contributed by atoms with Crippen LogP contribution in [-0.4, -0.2) is 32.8 Å². The van der Waals surface area contributed by atoms with E-state index in [1.54, 1.807) is 31.4 Å². The number of rotatable bonds is 10. The van der Waals surface area contributed by atoms with Crippen molar-refractivity contribution in [3.8, 4) is 29.6 Å². The summed E-state index contributed by atoms with van der Waals surface area (Å²) in [5.74, 6) is 4.25. The third-order valence-electron chi connectivity index (χ3n) is 3.69. The molecule has 1 N–H and O–H groups in total. The molecule has 6 heteroatoms. The number of amides is 1. The highest BCUT2D eigenvalue weighted by molar-refractivity contribution is 6.30. The monoisotopic (exact) mass is 387 g/mol. The van der Waals surface area contributed by atoms with Gasteiger partial charge in [0.25, 0.3) is 0 Å². The van der Waals surface area contributed by atoms with E-state index in [4.69, 9.17) is 32.2 Å². The van der Waals surface area contributed by atoms with Crippen LogP contribution in [0.25, 0.3) is 0 Å². The molecule has 0 aliphatic heterocycles. The van der Waals surface area contributed by atoms with Crippen LogP contribution in [0, 0.1) is 12.3 Å². The molecule has 142 valence electrons. The summed E-state index contributed by atoms with van der Waals surface area (Å²) in [6, 6.07) is 12.6. The highest BCUT2D eigenvalue weighted by Crippen LogP contribution is 2.28. The maximum absolute atomic E-state index is 11.9. The van der Waals surface area contributed by atoms with E-state index in [9.17, 15) is 4.79 Å². The van der Waals surface area contributed by atoms with Gasteiger partial charge in [-0.2, -0.15) is 0 Å². The fourth-order valence-electron chi connectivity index (χ4n) is 2.33. The molecule has 1 amide bonds. The van der Waals surface area contributed by atoms with Gasteiger partial charge < -0.3 is 19.5 Å². The number of carbonyl (C=O) groups excluding carboxylic acids is 1. The van der Waals surface area contributed by atoms with Crippen LogP contribution < -0.4 is 19.5 Å². The van der Waals surface area contributed by atoms with Crippen molar-refractivity contribution >= 4 is 17.5 Å². The first-order valence-corrected chi connectivity index (χ1v) is 8.88. The smallest absolute Gasteiger partial charge is 0.223 e. The highest BCUT2D eigenvalue weighted by atomic mass is 35.5. The van der Waals surface area contributed by atoms with Crippen LogP contribution in [0.1, 0.15) is 12.0 Å². The normalized spacial score (nSPS) is 9.96. The first-order chi connectivity index (χ1) is 13.1. The van der Waals surface area contributed by atoms with Gasteiger partial charge in [0, 0.05) is 11.6 Å². The summed E-state index contributed by atoms with van der Waals surface area (Å²) in [5, 5.41) is 3.52. The Kier molecular flexibility index (Phi) is 8.34. The Morgan fingerprint density at radius 1 is 1.15 bits per heavy atom. The maximum atomic E-state index is 11.9. The van der Waals surface area contributed by atoms with Crippen molar-refractivity contribution in [3.05, 3.63) is 53.1 Å². The number of hydrogen-bond acceptors (Lipinski definition) is 4. The van der Waals surface area contributed by atoms with Crippen LogP contribution in [0.3, 0.4) is 0 Å². The summed E-state index contributed by atoms with van der Waals surface area (Å²) >= 11 is 5.81. The minimum atomic E-state index is -0.0649. The molecule has 5 nitrogen and oxygen atoms in total. The molecule has 0 spiro atoms. The molecule has 0 saturated heterocycles. The first kappa shape index (κ1) is 20.5. The van der Waals surface area contributed by atoms with Crippen molar-refractivity contribution in [2.75, 3.05) is 26.9 Å². The van der Waals surface area contributed by atoms with Crippen LogP contribution in [0.5, 0.6) is 17.2 Å². The molecule has 0 aromatic heterocycles. The molecule has 0 bridgehead atoms. The van der Waals surface area contributed by atoms with Crippen molar-refractivity contribution in [3.63, 3.8) is 0 Å². The van der Waals surface area contributed by atoms with Gasteiger partial charge in [-0.1, -0.05) is 23.6 Å². The van der Waals surface area contributed by atoms with Crippen molar-refractivity contribution in [1.29, 1.82) is 0 Å². The summed E-state index contributed by atoms with van der Waals surface area (Å²) in [7, 11) is 1.57. The van der Waals surface area contributed by atoms with Gasteiger partial charge in [0.2, 0.25) is 5.91 Å². The highest BCUT2D eigenvalue weighted by Gasteiger charge is 2.07. The van der Waals surface area contributed by atoms with E-state index in [2.05, 4.69) is 11.2 Å². The Morgan fingerprint density at radius 3 is 2.63 bits per heavy atom. The van der Waals surface area contributed by atoms with Gasteiger partial charge in [-0.3, -0.25) is 4.79 Å². The van der Waals surface area contributed by atoms with Gasteiger partial charge in [-0.25, -0.2) is 0 Å². The molecular formula is C21H22ClNO4. The predicted octanol–water partition coefficient (Wildman–Crippen LogP) is 3.49. The number of carbonyl (C=O) groups is 1. The van der Waals surface area contributed by atoms with Crippen LogP contribution in [-0.2, 0) is 11.2 Å². The van der Waals surface area contributed by atoms with Crippen LogP contribution in [0.2, 0.25) is 5.02 Å². The molecule has 0 aliphatic carbocycles. The number of hydrogen-bond donors (Lipinski definition) is 1. The lowest BCUT2D eigenvalue weighted by Gasteiger charge is -2.11. The van der Waals surface area contributed by atoms with Gasteiger partial charge >= 0.3 is 0 Å². The molecule has 2 aromatic carbocycles. The Labute approximate surface area is 164 Å². The van der Waals surface area contributed by atoms with Gasteiger partial charge in [-0.05, 0) is 48.4 Å². The largest absolute Gasteiger partial charge is 0.493 e. The second-order valence-electron chi connectivity index (χ2n) is 5.63. The molecule has 0 aliphatic rings. The second kappa shape index (κ2) is 11.0. The third-order valence-corrected chi connectivity index (χ3v) is 3.94. The lowest BCUT2D eigenvalue weighted by molar-refractivity contribution is -0.121. The molecule has 0 unspecified atom stereocenters. The number of terminal acetylenes is 1. The van der Waals surface area contributed by atoms with Crippen LogP contribution in [0.15, 0.2) is 42.5 Å². The zero-order valence-corrected chi connectivity index (χ0v) is 15.9. The Hall–Kier alpha value is -2.84. The maximum Gasteiger partial charge on any atom is 0.223 e. The molecule has 0 saturated carbocycles. The molecule has 2 rings (SSSR count). The van der Waals surface area contributed by atoms with Crippen molar-refractivity contribution in [1.82, 2.24) is 5.32 Å². The van der Waals surface area contributed by atoms with Gasteiger partial charge in [0.05, 0.1) is 20.1 Å². The fraction of sp³-hybridized carbons (Fsp3) is 0.286. The van der Waals surface area contributed by atoms with E-state index in [1.165, 1.54) is 0 Å². The minimum absolute atomic E-state index is 0.0649. The minimum Gasteiger partial charge on any atom is -0.493 e. The zero-order chi connectivity index (χ0) is 19.5. The Balaban J connectivity index is 1.71. The molecule has 2 aromatic rings. The van der Waals surface area contributed by atoms with Crippen molar-refractivity contribution < 1.29 is 19.0 Å². The van der Waals surface area contributed by atoms with E-state index in [0.717, 1.165) is 5.56 Å². The van der Waals surface area contributed by atoms with Crippen molar-refractivity contribution in [2.45, 2.75) is 12.8 Å². The van der Waals surface area contributed by atoms with Gasteiger partial charge in [-0.15, -0.1) is 6.42 Å². The Bertz CT molecular complexity index is 784. The summed E-state index contributed by atoms with van der Waals surface area (Å²) in [6.45, 7) is 1.01. The first-order valence-electron chi connectivity index (χ1n) is 8.50. The second-order valence-corrected chi connectivity index (χ2v) is 6.07. The van der Waals surface area contributed by atoms with E-state index in [1.807, 2.05) is 18.2 Å². The molecular weight excluding hydrogens is 366 g/mol. The van der Waals surface area contributed by atoms with Crippen LogP contribution in [0.4, 0.5) is 0 Å². The zero-order valence-electron chi connectivity index (χ0n) is 15.2. The lowest BCUT2D eigenvalue weighted by atomic mass is 10.1. The number of nitrogens with one attached hydrogen (secondary N) is 1. The molecule has 27 heavy (non-hydrogen) atoms. The fourth-order valence-corrected chi connectivity index (χ4v) is 2.46. The van der Waals surface area contributed by atoms with Gasteiger partial charge in [0.1, 0.15) is 12.4 Å². The molecule has 0 atom stereocenters. The third kappa shape index (κ3) is 7.12. The number of ether oxygens (including phenoxy) is 3. The van der Waals surface area contributed by atoms with E-state index in [-0.39, 0.29) is 18.9 Å². The number of methoxy groups -OCH3 is 1.